The highest BCUT2D eigenvalue weighted by atomic mass is 35.5. The van der Waals surface area contributed by atoms with Gasteiger partial charge < -0.3 is 9.73 Å². The minimum Gasteiger partial charge on any atom is -0.457 e. The van der Waals surface area contributed by atoms with Crippen LogP contribution < -0.4 is 10.5 Å². The van der Waals surface area contributed by atoms with Gasteiger partial charge in [-0.3, -0.25) is 4.79 Å². The van der Waals surface area contributed by atoms with Crippen LogP contribution in [0.2, 0.25) is 5.02 Å². The second-order valence-electron chi connectivity index (χ2n) is 6.06. The number of amides is 1. The summed E-state index contributed by atoms with van der Waals surface area (Å²) in [6.07, 6.45) is 2.85. The molecule has 3 N–H and O–H groups in total. The van der Waals surface area contributed by atoms with Crippen LogP contribution in [0.25, 0.3) is 17.4 Å². The third-order valence-electron chi connectivity index (χ3n) is 3.93. The number of primary sulfonamides is 1. The van der Waals surface area contributed by atoms with E-state index < -0.39 is 10.0 Å². The average molecular weight is 417 g/mol. The number of furan rings is 1. The Balaban J connectivity index is 1.66. The second kappa shape index (κ2) is 8.02. The smallest absolute Gasteiger partial charge is 0.248 e. The summed E-state index contributed by atoms with van der Waals surface area (Å²) in [5.74, 6) is 0.756. The maximum atomic E-state index is 12.0. The Labute approximate surface area is 167 Å². The number of nitrogens with one attached hydrogen (secondary N) is 1. The van der Waals surface area contributed by atoms with Gasteiger partial charge in [-0.25, -0.2) is 13.6 Å². The highest BCUT2D eigenvalue weighted by molar-refractivity contribution is 7.89. The first-order valence-electron chi connectivity index (χ1n) is 8.21. The van der Waals surface area contributed by atoms with Crippen LogP contribution >= 0.6 is 11.6 Å². The summed E-state index contributed by atoms with van der Waals surface area (Å²) in [5, 5.41) is 8.31. The summed E-state index contributed by atoms with van der Waals surface area (Å²) < 4.78 is 28.2. The lowest BCUT2D eigenvalue weighted by Crippen LogP contribution is -2.12. The Morgan fingerprint density at radius 1 is 1.11 bits per heavy atom. The lowest BCUT2D eigenvalue weighted by molar-refractivity contribution is -0.111. The van der Waals surface area contributed by atoms with E-state index in [0.29, 0.717) is 22.2 Å². The SMILES string of the molecule is Cc1ccc(-c2ccc(C=CC(=O)Nc3ccc(S(N)(=O)=O)cc3)o2)cc1Cl. The summed E-state index contributed by atoms with van der Waals surface area (Å²) in [7, 11) is -3.77. The summed E-state index contributed by atoms with van der Waals surface area (Å²) in [6.45, 7) is 1.92. The first kappa shape index (κ1) is 19.9. The van der Waals surface area contributed by atoms with Crippen LogP contribution in [0.3, 0.4) is 0 Å². The molecule has 3 aromatic rings. The molecule has 1 aromatic heterocycles. The van der Waals surface area contributed by atoms with Crippen molar-refractivity contribution in [3.63, 3.8) is 0 Å². The molecule has 0 radical (unpaired) electrons. The standard InChI is InChI=1S/C20H17ClN2O4S/c1-13-2-3-14(12-18(13)21)19-10-6-16(27-19)7-11-20(24)23-15-4-8-17(9-5-15)28(22,25)26/h2-12H,1H3,(H,23,24)(H2,22,25,26). The van der Waals surface area contributed by atoms with Crippen LogP contribution in [0.15, 0.2) is 70.0 Å². The molecule has 1 heterocycles. The van der Waals surface area contributed by atoms with E-state index in [0.717, 1.165) is 11.1 Å². The second-order valence-corrected chi connectivity index (χ2v) is 8.03. The fourth-order valence-corrected chi connectivity index (χ4v) is 3.11. The predicted molar refractivity (Wildman–Crippen MR) is 109 cm³/mol. The topological polar surface area (TPSA) is 102 Å². The molecular weight excluding hydrogens is 400 g/mol. The van der Waals surface area contributed by atoms with E-state index in [9.17, 15) is 13.2 Å². The van der Waals surface area contributed by atoms with Crippen molar-refractivity contribution in [3.8, 4) is 11.3 Å². The monoisotopic (exact) mass is 416 g/mol. The normalized spacial score (nSPS) is 11.7. The number of aryl methyl sites for hydroxylation is 1. The van der Waals surface area contributed by atoms with E-state index in [1.165, 1.54) is 36.4 Å². The summed E-state index contributed by atoms with van der Waals surface area (Å²) in [4.78, 5) is 12.0. The third kappa shape index (κ3) is 4.89. The van der Waals surface area contributed by atoms with Gasteiger partial charge in [-0.2, -0.15) is 0 Å². The fraction of sp³-hybridized carbons (Fsp3) is 0.0500. The quantitative estimate of drug-likeness (QED) is 0.608. The van der Waals surface area contributed by atoms with Crippen LogP contribution in [0.5, 0.6) is 0 Å². The largest absolute Gasteiger partial charge is 0.457 e. The minimum atomic E-state index is -3.77. The number of hydrogen-bond acceptors (Lipinski definition) is 4. The highest BCUT2D eigenvalue weighted by Gasteiger charge is 2.08. The summed E-state index contributed by atoms with van der Waals surface area (Å²) >= 11 is 6.14. The Kier molecular flexibility index (Phi) is 5.69. The van der Waals surface area contributed by atoms with Crippen LogP contribution in [0, 0.1) is 6.92 Å². The minimum absolute atomic E-state index is 0.0274. The van der Waals surface area contributed by atoms with Crippen molar-refractivity contribution < 1.29 is 17.6 Å². The van der Waals surface area contributed by atoms with E-state index in [4.69, 9.17) is 21.2 Å². The van der Waals surface area contributed by atoms with Crippen molar-refractivity contribution >= 4 is 39.3 Å². The molecule has 0 aliphatic heterocycles. The van der Waals surface area contributed by atoms with Crippen LogP contribution in [-0.2, 0) is 14.8 Å². The predicted octanol–water partition coefficient (Wildman–Crippen LogP) is 4.21. The lowest BCUT2D eigenvalue weighted by Gasteiger charge is -2.03. The number of carbonyl (C=O) groups excluding carboxylic acids is 1. The molecule has 0 aliphatic rings. The number of nitrogens with two attached hydrogens (primary N) is 1. The summed E-state index contributed by atoms with van der Waals surface area (Å²) in [5.41, 5.74) is 2.26. The molecule has 0 spiro atoms. The summed E-state index contributed by atoms with van der Waals surface area (Å²) in [6, 6.07) is 14.7. The van der Waals surface area contributed by atoms with E-state index in [1.54, 1.807) is 12.1 Å². The van der Waals surface area contributed by atoms with Crippen molar-refractivity contribution in [3.05, 3.63) is 77.0 Å². The molecule has 1 amide bonds. The number of rotatable bonds is 5. The first-order valence-corrected chi connectivity index (χ1v) is 10.1. The highest BCUT2D eigenvalue weighted by Crippen LogP contribution is 2.27. The van der Waals surface area contributed by atoms with E-state index in [2.05, 4.69) is 5.32 Å². The van der Waals surface area contributed by atoms with Crippen LogP contribution in [0.1, 0.15) is 11.3 Å². The van der Waals surface area contributed by atoms with Crippen molar-refractivity contribution in [2.24, 2.45) is 5.14 Å². The van der Waals surface area contributed by atoms with Gasteiger partial charge in [0.1, 0.15) is 11.5 Å². The molecule has 28 heavy (non-hydrogen) atoms. The molecule has 2 aromatic carbocycles. The number of sulfonamides is 1. The zero-order valence-electron chi connectivity index (χ0n) is 14.8. The van der Waals surface area contributed by atoms with Gasteiger partial charge in [0, 0.05) is 22.3 Å². The molecule has 8 heteroatoms. The molecule has 6 nitrogen and oxygen atoms in total. The Morgan fingerprint density at radius 2 is 1.82 bits per heavy atom. The fourth-order valence-electron chi connectivity index (χ4n) is 2.41. The molecule has 0 aliphatic carbocycles. The van der Waals surface area contributed by atoms with E-state index >= 15 is 0 Å². The van der Waals surface area contributed by atoms with Crippen molar-refractivity contribution in [1.29, 1.82) is 0 Å². The van der Waals surface area contributed by atoms with Gasteiger partial charge in [0.25, 0.3) is 0 Å². The van der Waals surface area contributed by atoms with Gasteiger partial charge in [-0.15, -0.1) is 0 Å². The maximum absolute atomic E-state index is 12.0. The third-order valence-corrected chi connectivity index (χ3v) is 5.27. The molecule has 0 fully saturated rings. The Bertz CT molecular complexity index is 1150. The van der Waals surface area contributed by atoms with Crippen molar-refractivity contribution in [1.82, 2.24) is 0 Å². The molecule has 0 saturated carbocycles. The molecule has 0 unspecified atom stereocenters. The lowest BCUT2D eigenvalue weighted by atomic mass is 10.1. The van der Waals surface area contributed by atoms with Gasteiger partial charge in [-0.1, -0.05) is 23.7 Å². The van der Waals surface area contributed by atoms with Gasteiger partial charge in [0.05, 0.1) is 4.90 Å². The first-order chi connectivity index (χ1) is 13.2. The molecule has 0 saturated heterocycles. The molecular formula is C20H17ClN2O4S. The Hall–Kier alpha value is -2.87. The van der Waals surface area contributed by atoms with Gasteiger partial charge in [-0.05, 0) is 61.0 Å². The molecule has 144 valence electrons. The van der Waals surface area contributed by atoms with Gasteiger partial charge in [0.15, 0.2) is 0 Å². The molecule has 0 atom stereocenters. The van der Waals surface area contributed by atoms with Crippen LogP contribution in [0.4, 0.5) is 5.69 Å². The number of benzene rings is 2. The maximum Gasteiger partial charge on any atom is 0.248 e. The molecule has 0 bridgehead atoms. The van der Waals surface area contributed by atoms with Gasteiger partial charge in [0.2, 0.25) is 15.9 Å². The van der Waals surface area contributed by atoms with E-state index in [1.807, 2.05) is 25.1 Å². The van der Waals surface area contributed by atoms with Crippen LogP contribution in [-0.4, -0.2) is 14.3 Å². The van der Waals surface area contributed by atoms with Crippen molar-refractivity contribution in [2.75, 3.05) is 5.32 Å². The van der Waals surface area contributed by atoms with Gasteiger partial charge >= 0.3 is 0 Å². The van der Waals surface area contributed by atoms with E-state index in [-0.39, 0.29) is 10.8 Å². The number of carbonyl (C=O) groups is 1. The molecule has 3 rings (SSSR count). The average Bonchev–Trinajstić information content (AvgIpc) is 3.11. The number of hydrogen-bond donors (Lipinski definition) is 2. The zero-order valence-corrected chi connectivity index (χ0v) is 16.4. The zero-order chi connectivity index (χ0) is 20.3. The number of halogens is 1. The number of anilines is 1. The van der Waals surface area contributed by atoms with Crippen molar-refractivity contribution in [2.45, 2.75) is 11.8 Å². The Morgan fingerprint density at radius 3 is 2.46 bits per heavy atom.